The van der Waals surface area contributed by atoms with Crippen LogP contribution in [0.5, 0.6) is 0 Å². The van der Waals surface area contributed by atoms with E-state index in [-0.39, 0.29) is 10.6 Å². The Morgan fingerprint density at radius 2 is 1.59 bits per heavy atom. The first-order valence-corrected chi connectivity index (χ1v) is 9.93. The van der Waals surface area contributed by atoms with Crippen molar-refractivity contribution in [3.05, 3.63) is 82.7 Å². The molecule has 0 radical (unpaired) electrons. The number of non-ortho nitro benzene ring substituents is 1. The number of piperazine rings is 1. The molecule has 1 fully saturated rings. The number of nitrogens with zero attached hydrogens (tertiary/aromatic N) is 5. The summed E-state index contributed by atoms with van der Waals surface area (Å²) >= 11 is 0. The molecule has 0 aliphatic carbocycles. The van der Waals surface area contributed by atoms with Crippen LogP contribution in [-0.4, -0.2) is 57.0 Å². The SMILES string of the molecule is O=[N+]([O-])c1ccc(CN2CCN(CCn3ccnc3-c3ccccc3)CC2)cc1. The number of rotatable bonds is 7. The molecule has 7 nitrogen and oxygen atoms in total. The zero-order chi connectivity index (χ0) is 20.1. The number of aromatic nitrogens is 2. The van der Waals surface area contributed by atoms with Gasteiger partial charge in [-0.2, -0.15) is 0 Å². The maximum atomic E-state index is 10.8. The van der Waals surface area contributed by atoms with Crippen molar-refractivity contribution >= 4 is 5.69 Å². The zero-order valence-corrected chi connectivity index (χ0v) is 16.4. The Bertz CT molecular complexity index is 931. The summed E-state index contributed by atoms with van der Waals surface area (Å²) < 4.78 is 2.22. The molecule has 1 aliphatic rings. The minimum Gasteiger partial charge on any atom is -0.330 e. The minimum atomic E-state index is -0.355. The largest absolute Gasteiger partial charge is 0.330 e. The third-order valence-corrected chi connectivity index (χ3v) is 5.42. The van der Waals surface area contributed by atoms with E-state index < -0.39 is 0 Å². The van der Waals surface area contributed by atoms with Gasteiger partial charge in [0.05, 0.1) is 4.92 Å². The molecule has 7 heteroatoms. The van der Waals surface area contributed by atoms with E-state index in [2.05, 4.69) is 31.5 Å². The summed E-state index contributed by atoms with van der Waals surface area (Å²) in [4.78, 5) is 19.8. The highest BCUT2D eigenvalue weighted by Gasteiger charge is 2.17. The van der Waals surface area contributed by atoms with Gasteiger partial charge >= 0.3 is 0 Å². The monoisotopic (exact) mass is 391 g/mol. The Labute approximate surface area is 170 Å². The molecule has 4 rings (SSSR count). The normalized spacial score (nSPS) is 15.4. The molecule has 0 atom stereocenters. The van der Waals surface area contributed by atoms with Crippen molar-refractivity contribution in [3.8, 4) is 11.4 Å². The van der Waals surface area contributed by atoms with Crippen LogP contribution in [-0.2, 0) is 13.1 Å². The lowest BCUT2D eigenvalue weighted by atomic mass is 10.2. The molecule has 2 heterocycles. The smallest absolute Gasteiger partial charge is 0.269 e. The molecule has 0 bridgehead atoms. The van der Waals surface area contributed by atoms with Gasteiger partial charge in [0.25, 0.3) is 5.69 Å². The van der Waals surface area contributed by atoms with Gasteiger partial charge in [0.2, 0.25) is 0 Å². The summed E-state index contributed by atoms with van der Waals surface area (Å²) in [5.41, 5.74) is 2.41. The van der Waals surface area contributed by atoms with Crippen LogP contribution in [0.1, 0.15) is 5.56 Å². The van der Waals surface area contributed by atoms with E-state index in [1.54, 1.807) is 12.1 Å². The molecule has 0 amide bonds. The van der Waals surface area contributed by atoms with Crippen molar-refractivity contribution in [2.45, 2.75) is 13.1 Å². The van der Waals surface area contributed by atoms with Gasteiger partial charge in [-0.25, -0.2) is 4.98 Å². The van der Waals surface area contributed by atoms with E-state index in [1.807, 2.05) is 42.7 Å². The first-order valence-electron chi connectivity index (χ1n) is 9.93. The summed E-state index contributed by atoms with van der Waals surface area (Å²) in [7, 11) is 0. The van der Waals surface area contributed by atoms with Crippen LogP contribution in [0.3, 0.4) is 0 Å². The molecule has 0 saturated carbocycles. The highest BCUT2D eigenvalue weighted by molar-refractivity contribution is 5.55. The molecule has 0 N–H and O–H groups in total. The number of hydrogen-bond acceptors (Lipinski definition) is 5. The van der Waals surface area contributed by atoms with Crippen LogP contribution in [0.2, 0.25) is 0 Å². The lowest BCUT2D eigenvalue weighted by Crippen LogP contribution is -2.46. The van der Waals surface area contributed by atoms with Gasteiger partial charge in [-0.3, -0.25) is 19.9 Å². The molecule has 0 unspecified atom stereocenters. The number of nitro benzene ring substituents is 1. The van der Waals surface area contributed by atoms with Crippen LogP contribution in [0.4, 0.5) is 5.69 Å². The molecule has 1 aliphatic heterocycles. The minimum absolute atomic E-state index is 0.146. The summed E-state index contributed by atoms with van der Waals surface area (Å²) in [6.45, 7) is 6.84. The van der Waals surface area contributed by atoms with Gasteiger partial charge in [0.1, 0.15) is 5.82 Å². The van der Waals surface area contributed by atoms with Crippen molar-refractivity contribution in [1.29, 1.82) is 0 Å². The predicted molar refractivity (Wildman–Crippen MR) is 112 cm³/mol. The molecule has 0 spiro atoms. The second-order valence-electron chi connectivity index (χ2n) is 7.35. The molecule has 150 valence electrons. The Morgan fingerprint density at radius 1 is 0.897 bits per heavy atom. The summed E-state index contributed by atoms with van der Waals surface area (Å²) in [5.74, 6) is 1.02. The Kier molecular flexibility index (Phi) is 5.97. The second kappa shape index (κ2) is 8.98. The number of nitro groups is 1. The summed E-state index contributed by atoms with van der Waals surface area (Å²) in [5, 5.41) is 10.8. The molecule has 1 saturated heterocycles. The van der Waals surface area contributed by atoms with E-state index in [0.717, 1.165) is 62.8 Å². The maximum Gasteiger partial charge on any atom is 0.269 e. The molecular formula is C22H25N5O2. The topological polar surface area (TPSA) is 67.4 Å². The lowest BCUT2D eigenvalue weighted by molar-refractivity contribution is -0.384. The van der Waals surface area contributed by atoms with Crippen LogP contribution >= 0.6 is 0 Å². The Hall–Kier alpha value is -3.03. The quantitative estimate of drug-likeness (QED) is 0.457. The van der Waals surface area contributed by atoms with Crippen LogP contribution < -0.4 is 0 Å². The van der Waals surface area contributed by atoms with Gasteiger partial charge in [-0.1, -0.05) is 42.5 Å². The van der Waals surface area contributed by atoms with Crippen molar-refractivity contribution < 1.29 is 4.92 Å². The third-order valence-electron chi connectivity index (χ3n) is 5.42. The van der Waals surface area contributed by atoms with Crippen LogP contribution in [0.25, 0.3) is 11.4 Å². The van der Waals surface area contributed by atoms with Crippen LogP contribution in [0, 0.1) is 10.1 Å². The molecule has 1 aromatic heterocycles. The molecule has 2 aromatic carbocycles. The summed E-state index contributed by atoms with van der Waals surface area (Å²) in [6, 6.07) is 17.2. The fourth-order valence-corrected chi connectivity index (χ4v) is 3.74. The van der Waals surface area contributed by atoms with E-state index in [1.165, 1.54) is 0 Å². The highest BCUT2D eigenvalue weighted by atomic mass is 16.6. The average molecular weight is 391 g/mol. The fraction of sp³-hybridized carbons (Fsp3) is 0.318. The average Bonchev–Trinajstić information content (AvgIpc) is 3.23. The lowest BCUT2D eigenvalue weighted by Gasteiger charge is -2.34. The fourth-order valence-electron chi connectivity index (χ4n) is 3.74. The molecular weight excluding hydrogens is 366 g/mol. The predicted octanol–water partition coefficient (Wildman–Crippen LogP) is 3.28. The van der Waals surface area contributed by atoms with E-state index in [4.69, 9.17) is 0 Å². The van der Waals surface area contributed by atoms with Gasteiger partial charge in [-0.15, -0.1) is 0 Å². The first kappa shape index (κ1) is 19.3. The highest BCUT2D eigenvalue weighted by Crippen LogP contribution is 2.17. The van der Waals surface area contributed by atoms with Crippen molar-refractivity contribution in [1.82, 2.24) is 19.4 Å². The van der Waals surface area contributed by atoms with Gasteiger partial charge in [0.15, 0.2) is 0 Å². The van der Waals surface area contributed by atoms with E-state index in [0.29, 0.717) is 0 Å². The number of hydrogen-bond donors (Lipinski definition) is 0. The van der Waals surface area contributed by atoms with Crippen molar-refractivity contribution in [2.24, 2.45) is 0 Å². The second-order valence-corrected chi connectivity index (χ2v) is 7.35. The van der Waals surface area contributed by atoms with Crippen molar-refractivity contribution in [3.63, 3.8) is 0 Å². The Balaban J connectivity index is 1.26. The van der Waals surface area contributed by atoms with E-state index in [9.17, 15) is 10.1 Å². The zero-order valence-electron chi connectivity index (χ0n) is 16.4. The summed E-state index contributed by atoms with van der Waals surface area (Å²) in [6.07, 6.45) is 3.91. The number of benzene rings is 2. The van der Waals surface area contributed by atoms with Crippen LogP contribution in [0.15, 0.2) is 67.0 Å². The maximum absolute atomic E-state index is 10.8. The molecule has 3 aromatic rings. The van der Waals surface area contributed by atoms with Gasteiger partial charge in [0, 0.05) is 75.9 Å². The van der Waals surface area contributed by atoms with Gasteiger partial charge in [-0.05, 0) is 5.56 Å². The molecule has 29 heavy (non-hydrogen) atoms. The van der Waals surface area contributed by atoms with Gasteiger partial charge < -0.3 is 4.57 Å². The van der Waals surface area contributed by atoms with E-state index >= 15 is 0 Å². The van der Waals surface area contributed by atoms with Crippen molar-refractivity contribution in [2.75, 3.05) is 32.7 Å². The Morgan fingerprint density at radius 3 is 2.28 bits per heavy atom. The third kappa shape index (κ3) is 4.88. The standard InChI is InChI=1S/C22H25N5O2/c28-27(29)21-8-6-19(7-9-21)18-25-14-12-24(13-15-25)16-17-26-11-10-23-22(26)20-4-2-1-3-5-20/h1-11H,12-18H2. The number of imidazole rings is 1. The first-order chi connectivity index (χ1) is 14.2.